The Balaban J connectivity index is 1.91. The molecule has 0 spiro atoms. The Morgan fingerprint density at radius 3 is 2.95 bits per heavy atom. The number of carbonyl (C=O) groups is 1. The zero-order chi connectivity index (χ0) is 14.1. The second kappa shape index (κ2) is 4.77. The Bertz CT molecular complexity index is 770. The molecule has 3 aromatic rings. The average Bonchev–Trinajstić information content (AvgIpc) is 3.06. The van der Waals surface area contributed by atoms with Gasteiger partial charge in [-0.2, -0.15) is 0 Å². The first kappa shape index (κ1) is 12.3. The van der Waals surface area contributed by atoms with Gasteiger partial charge in [-0.3, -0.25) is 0 Å². The number of esters is 1. The van der Waals surface area contributed by atoms with E-state index in [1.165, 1.54) is 7.11 Å². The molecule has 0 aliphatic heterocycles. The topological polar surface area (TPSA) is 70.4 Å². The van der Waals surface area contributed by atoms with Gasteiger partial charge in [-0.05, 0) is 35.7 Å². The summed E-state index contributed by atoms with van der Waals surface area (Å²) in [4.78, 5) is 11.3. The fourth-order valence-corrected chi connectivity index (χ4v) is 2.18. The molecule has 0 fully saturated rings. The Morgan fingerprint density at radius 1 is 1.30 bits per heavy atom. The van der Waals surface area contributed by atoms with E-state index in [0.717, 1.165) is 10.9 Å². The number of ether oxygens (including phenoxy) is 1. The van der Waals surface area contributed by atoms with E-state index in [-0.39, 0.29) is 5.76 Å². The molecule has 2 aromatic heterocycles. The van der Waals surface area contributed by atoms with Crippen molar-refractivity contribution in [2.24, 2.45) is 0 Å². The number of anilines is 1. The summed E-state index contributed by atoms with van der Waals surface area (Å²) in [6, 6.07) is 11.2. The molecule has 5 nitrogen and oxygen atoms in total. The minimum atomic E-state index is -0.474. The van der Waals surface area contributed by atoms with Crippen molar-refractivity contribution in [1.29, 1.82) is 0 Å². The molecule has 0 aliphatic carbocycles. The molecule has 0 unspecified atom stereocenters. The highest BCUT2D eigenvalue weighted by atomic mass is 16.5. The first-order valence-corrected chi connectivity index (χ1v) is 6.19. The zero-order valence-electron chi connectivity index (χ0n) is 11.0. The molecule has 2 heterocycles. The number of benzene rings is 1. The minimum absolute atomic E-state index is 0.207. The van der Waals surface area contributed by atoms with E-state index in [2.05, 4.69) is 4.74 Å². The van der Waals surface area contributed by atoms with Crippen LogP contribution in [-0.4, -0.2) is 17.6 Å². The summed E-state index contributed by atoms with van der Waals surface area (Å²) >= 11 is 0. The lowest BCUT2D eigenvalue weighted by molar-refractivity contribution is 0.0563. The molecule has 0 saturated carbocycles. The van der Waals surface area contributed by atoms with Gasteiger partial charge in [0, 0.05) is 11.9 Å². The molecule has 0 radical (unpaired) electrons. The van der Waals surface area contributed by atoms with Gasteiger partial charge in [0.1, 0.15) is 5.76 Å². The van der Waals surface area contributed by atoms with Crippen molar-refractivity contribution in [3.05, 3.63) is 54.1 Å². The van der Waals surface area contributed by atoms with E-state index in [1.807, 2.05) is 35.0 Å². The lowest BCUT2D eigenvalue weighted by Gasteiger charge is -2.03. The van der Waals surface area contributed by atoms with Crippen molar-refractivity contribution < 1.29 is 13.9 Å². The number of hydrogen-bond donors (Lipinski definition) is 1. The first-order valence-electron chi connectivity index (χ1n) is 6.19. The first-order chi connectivity index (χ1) is 9.67. The lowest BCUT2D eigenvalue weighted by atomic mass is 10.2. The number of carbonyl (C=O) groups excluding carboxylic acids is 1. The van der Waals surface area contributed by atoms with Crippen molar-refractivity contribution >= 4 is 22.6 Å². The minimum Gasteiger partial charge on any atom is -0.463 e. The molecule has 5 heteroatoms. The molecule has 1 aromatic carbocycles. The molecule has 0 atom stereocenters. The molecular weight excluding hydrogens is 256 g/mol. The van der Waals surface area contributed by atoms with Gasteiger partial charge in [-0.15, -0.1) is 0 Å². The standard InChI is InChI=1S/C15H14N2O3/c1-19-15(18)14-5-4-12(20-14)9-17-7-6-10-2-3-11(16)8-13(10)17/h2-8H,9,16H2,1H3. The van der Waals surface area contributed by atoms with Gasteiger partial charge < -0.3 is 19.5 Å². The number of furan rings is 1. The normalized spacial score (nSPS) is 10.8. The number of rotatable bonds is 3. The fourth-order valence-electron chi connectivity index (χ4n) is 2.18. The van der Waals surface area contributed by atoms with Gasteiger partial charge in [-0.1, -0.05) is 6.07 Å². The van der Waals surface area contributed by atoms with Crippen LogP contribution < -0.4 is 5.73 Å². The summed E-state index contributed by atoms with van der Waals surface area (Å²) < 4.78 is 12.1. The highest BCUT2D eigenvalue weighted by molar-refractivity contribution is 5.86. The van der Waals surface area contributed by atoms with Crippen LogP contribution in [0.2, 0.25) is 0 Å². The molecular formula is C15H14N2O3. The number of nitrogens with zero attached hydrogens (tertiary/aromatic N) is 1. The highest BCUT2D eigenvalue weighted by Crippen LogP contribution is 2.20. The monoisotopic (exact) mass is 270 g/mol. The zero-order valence-corrected chi connectivity index (χ0v) is 11.0. The van der Waals surface area contributed by atoms with E-state index in [1.54, 1.807) is 12.1 Å². The van der Waals surface area contributed by atoms with E-state index in [0.29, 0.717) is 18.0 Å². The molecule has 20 heavy (non-hydrogen) atoms. The third-order valence-corrected chi connectivity index (χ3v) is 3.17. The van der Waals surface area contributed by atoms with Gasteiger partial charge >= 0.3 is 5.97 Å². The van der Waals surface area contributed by atoms with Crippen molar-refractivity contribution in [2.75, 3.05) is 12.8 Å². The predicted octanol–water partition coefficient (Wildman–Crippen LogP) is 2.65. The predicted molar refractivity (Wildman–Crippen MR) is 75.5 cm³/mol. The van der Waals surface area contributed by atoms with Crippen LogP contribution >= 0.6 is 0 Å². The SMILES string of the molecule is COC(=O)c1ccc(Cn2ccc3ccc(N)cc32)o1. The van der Waals surface area contributed by atoms with E-state index in [4.69, 9.17) is 10.2 Å². The van der Waals surface area contributed by atoms with Gasteiger partial charge in [-0.25, -0.2) is 4.79 Å². The quantitative estimate of drug-likeness (QED) is 0.586. The van der Waals surface area contributed by atoms with Crippen LogP contribution in [0.4, 0.5) is 5.69 Å². The summed E-state index contributed by atoms with van der Waals surface area (Å²) in [5.41, 5.74) is 7.55. The van der Waals surface area contributed by atoms with E-state index < -0.39 is 5.97 Å². The van der Waals surface area contributed by atoms with Gasteiger partial charge in [0.2, 0.25) is 5.76 Å². The van der Waals surface area contributed by atoms with Crippen LogP contribution in [0.5, 0.6) is 0 Å². The smallest absolute Gasteiger partial charge is 0.373 e. The van der Waals surface area contributed by atoms with Crippen molar-refractivity contribution in [2.45, 2.75) is 6.54 Å². The molecule has 102 valence electrons. The maximum Gasteiger partial charge on any atom is 0.373 e. The van der Waals surface area contributed by atoms with Crippen molar-refractivity contribution in [3.8, 4) is 0 Å². The van der Waals surface area contributed by atoms with Crippen LogP contribution in [-0.2, 0) is 11.3 Å². The number of nitrogens with two attached hydrogens (primary N) is 1. The molecule has 0 bridgehead atoms. The van der Waals surface area contributed by atoms with Gasteiger partial charge in [0.15, 0.2) is 0 Å². The van der Waals surface area contributed by atoms with Crippen LogP contribution in [0, 0.1) is 0 Å². The summed E-state index contributed by atoms with van der Waals surface area (Å²) in [5.74, 6) is 0.418. The number of fused-ring (bicyclic) bond motifs is 1. The molecule has 0 aliphatic rings. The van der Waals surface area contributed by atoms with E-state index in [9.17, 15) is 4.79 Å². The Hall–Kier alpha value is -2.69. The van der Waals surface area contributed by atoms with Crippen LogP contribution in [0.3, 0.4) is 0 Å². The molecule has 0 amide bonds. The molecule has 2 N–H and O–H groups in total. The number of methoxy groups -OCH3 is 1. The third kappa shape index (κ3) is 2.14. The third-order valence-electron chi connectivity index (χ3n) is 3.17. The van der Waals surface area contributed by atoms with Gasteiger partial charge in [0.25, 0.3) is 0 Å². The Morgan fingerprint density at radius 2 is 2.15 bits per heavy atom. The van der Waals surface area contributed by atoms with Crippen LogP contribution in [0.25, 0.3) is 10.9 Å². The van der Waals surface area contributed by atoms with Crippen molar-refractivity contribution in [1.82, 2.24) is 4.57 Å². The van der Waals surface area contributed by atoms with Crippen molar-refractivity contribution in [3.63, 3.8) is 0 Å². The molecule has 3 rings (SSSR count). The summed E-state index contributed by atoms with van der Waals surface area (Å²) in [7, 11) is 1.33. The number of aromatic nitrogens is 1. The average molecular weight is 270 g/mol. The van der Waals surface area contributed by atoms with Crippen LogP contribution in [0.1, 0.15) is 16.3 Å². The Labute approximate surface area is 115 Å². The maximum atomic E-state index is 11.3. The highest BCUT2D eigenvalue weighted by Gasteiger charge is 2.11. The number of hydrogen-bond acceptors (Lipinski definition) is 4. The second-order valence-electron chi connectivity index (χ2n) is 4.52. The summed E-state index contributed by atoms with van der Waals surface area (Å²) in [6.07, 6.45) is 1.96. The summed E-state index contributed by atoms with van der Waals surface area (Å²) in [5, 5.41) is 1.11. The number of nitrogen functional groups attached to an aromatic ring is 1. The fraction of sp³-hybridized carbons (Fsp3) is 0.133. The lowest BCUT2D eigenvalue weighted by Crippen LogP contribution is -1.99. The summed E-state index contributed by atoms with van der Waals surface area (Å²) in [6.45, 7) is 0.532. The van der Waals surface area contributed by atoms with Gasteiger partial charge in [0.05, 0.1) is 19.2 Å². The van der Waals surface area contributed by atoms with E-state index >= 15 is 0 Å². The molecule has 0 saturated heterocycles. The second-order valence-corrected chi connectivity index (χ2v) is 4.52. The Kier molecular flexibility index (Phi) is 2.95. The largest absolute Gasteiger partial charge is 0.463 e. The van der Waals surface area contributed by atoms with Crippen LogP contribution in [0.15, 0.2) is 47.0 Å². The maximum absolute atomic E-state index is 11.3.